The van der Waals surface area contributed by atoms with Gasteiger partial charge in [0.25, 0.3) is 0 Å². The summed E-state index contributed by atoms with van der Waals surface area (Å²) in [4.78, 5) is 24.7. The number of ether oxygens (including phenoxy) is 2. The number of carbonyl (C=O) groups excluding carboxylic acids is 1. The molecule has 0 radical (unpaired) electrons. The second kappa shape index (κ2) is 5.01. The van der Waals surface area contributed by atoms with E-state index in [1.807, 2.05) is 0 Å². The molecular weight excluding hydrogens is 226 g/mol. The van der Waals surface area contributed by atoms with Crippen LogP contribution in [0, 0.1) is 5.92 Å². The summed E-state index contributed by atoms with van der Waals surface area (Å²) in [7, 11) is 1.54. The molecule has 0 aliphatic carbocycles. The Labute approximate surface area is 99.5 Å². The molecule has 2 rings (SSSR count). The quantitative estimate of drug-likeness (QED) is 0.738. The van der Waals surface area contributed by atoms with E-state index in [4.69, 9.17) is 14.6 Å². The average molecular weight is 243 g/mol. The van der Waals surface area contributed by atoms with E-state index in [1.165, 1.54) is 12.0 Å². The Balaban J connectivity index is 2.06. The fourth-order valence-electron chi connectivity index (χ4n) is 2.41. The maximum Gasteiger partial charge on any atom is 0.326 e. The van der Waals surface area contributed by atoms with Crippen LogP contribution >= 0.6 is 0 Å². The molecule has 2 aliphatic heterocycles. The minimum absolute atomic E-state index is 0.116. The van der Waals surface area contributed by atoms with Gasteiger partial charge in [-0.2, -0.15) is 0 Å². The van der Waals surface area contributed by atoms with Crippen molar-refractivity contribution in [2.24, 2.45) is 5.92 Å². The molecule has 0 bridgehead atoms. The Morgan fingerprint density at radius 1 is 1.47 bits per heavy atom. The van der Waals surface area contributed by atoms with E-state index in [2.05, 4.69) is 0 Å². The normalized spacial score (nSPS) is 33.0. The molecule has 0 aromatic carbocycles. The summed E-state index contributed by atoms with van der Waals surface area (Å²) >= 11 is 0. The third-order valence-electron chi connectivity index (χ3n) is 3.44. The number of aliphatic carboxylic acids is 1. The Kier molecular flexibility index (Phi) is 3.63. The summed E-state index contributed by atoms with van der Waals surface area (Å²) in [6, 6.07) is -0.756. The number of methoxy groups -OCH3 is 1. The lowest BCUT2D eigenvalue weighted by Gasteiger charge is -2.23. The van der Waals surface area contributed by atoms with Crippen LogP contribution in [-0.2, 0) is 19.1 Å². The van der Waals surface area contributed by atoms with Crippen LogP contribution in [0.5, 0.6) is 0 Å². The number of nitrogens with zero attached hydrogens (tertiary/aromatic N) is 1. The van der Waals surface area contributed by atoms with E-state index in [-0.39, 0.29) is 17.9 Å². The van der Waals surface area contributed by atoms with Crippen LogP contribution in [0.15, 0.2) is 0 Å². The summed E-state index contributed by atoms with van der Waals surface area (Å²) < 4.78 is 10.3. The van der Waals surface area contributed by atoms with Gasteiger partial charge >= 0.3 is 5.97 Å². The van der Waals surface area contributed by atoms with Gasteiger partial charge in [-0.15, -0.1) is 0 Å². The zero-order valence-corrected chi connectivity index (χ0v) is 9.80. The molecule has 2 saturated heterocycles. The first-order chi connectivity index (χ1) is 8.13. The smallest absolute Gasteiger partial charge is 0.326 e. The number of carbonyl (C=O) groups is 2. The summed E-state index contributed by atoms with van der Waals surface area (Å²) in [6.07, 6.45) is 0.868. The Bertz CT molecular complexity index is 313. The number of hydrogen-bond donors (Lipinski definition) is 1. The predicted molar refractivity (Wildman–Crippen MR) is 57.5 cm³/mol. The van der Waals surface area contributed by atoms with Gasteiger partial charge < -0.3 is 19.5 Å². The van der Waals surface area contributed by atoms with Gasteiger partial charge in [-0.3, -0.25) is 4.79 Å². The van der Waals surface area contributed by atoms with Crippen LogP contribution in [0.25, 0.3) is 0 Å². The lowest BCUT2D eigenvalue weighted by Crippen LogP contribution is -2.43. The highest BCUT2D eigenvalue weighted by Crippen LogP contribution is 2.25. The molecule has 0 saturated carbocycles. The fraction of sp³-hybridized carbons (Fsp3) is 0.818. The van der Waals surface area contributed by atoms with Gasteiger partial charge in [0.05, 0.1) is 18.6 Å². The summed E-state index contributed by atoms with van der Waals surface area (Å²) in [6.45, 7) is 1.35. The zero-order chi connectivity index (χ0) is 12.4. The number of carboxylic acids is 1. The maximum atomic E-state index is 12.2. The molecule has 2 heterocycles. The number of rotatable bonds is 3. The third-order valence-corrected chi connectivity index (χ3v) is 3.44. The summed E-state index contributed by atoms with van der Waals surface area (Å²) in [5.74, 6) is -1.27. The molecule has 1 N–H and O–H groups in total. The van der Waals surface area contributed by atoms with Gasteiger partial charge in [0.2, 0.25) is 5.91 Å². The minimum Gasteiger partial charge on any atom is -0.480 e. The Morgan fingerprint density at radius 3 is 2.76 bits per heavy atom. The molecule has 1 amide bonds. The molecule has 0 spiro atoms. The second-order valence-corrected chi connectivity index (χ2v) is 4.50. The second-order valence-electron chi connectivity index (χ2n) is 4.50. The van der Waals surface area contributed by atoms with Crippen LogP contribution in [0.4, 0.5) is 0 Å². The van der Waals surface area contributed by atoms with E-state index in [0.29, 0.717) is 32.6 Å². The van der Waals surface area contributed by atoms with Crippen molar-refractivity contribution in [3.05, 3.63) is 0 Å². The lowest BCUT2D eigenvalue weighted by molar-refractivity contribution is -0.149. The first-order valence-electron chi connectivity index (χ1n) is 5.77. The van der Waals surface area contributed by atoms with E-state index >= 15 is 0 Å². The van der Waals surface area contributed by atoms with Crippen molar-refractivity contribution >= 4 is 11.9 Å². The molecule has 3 unspecified atom stereocenters. The van der Waals surface area contributed by atoms with E-state index in [1.54, 1.807) is 0 Å². The average Bonchev–Trinajstić information content (AvgIpc) is 2.97. The van der Waals surface area contributed by atoms with Crippen LogP contribution in [0.3, 0.4) is 0 Å². The molecule has 2 fully saturated rings. The first kappa shape index (κ1) is 12.3. The van der Waals surface area contributed by atoms with Crippen molar-refractivity contribution in [1.82, 2.24) is 4.90 Å². The summed E-state index contributed by atoms with van der Waals surface area (Å²) in [5.41, 5.74) is 0. The SMILES string of the molecule is COC1CC(C(=O)O)N(C(=O)C2CCOC2)C1. The van der Waals surface area contributed by atoms with Gasteiger partial charge in [-0.25, -0.2) is 4.79 Å². The van der Waals surface area contributed by atoms with Crippen molar-refractivity contribution in [3.8, 4) is 0 Å². The van der Waals surface area contributed by atoms with E-state index in [9.17, 15) is 9.59 Å². The topological polar surface area (TPSA) is 76.1 Å². The molecule has 0 aromatic heterocycles. The highest BCUT2D eigenvalue weighted by atomic mass is 16.5. The molecule has 6 nitrogen and oxygen atoms in total. The van der Waals surface area contributed by atoms with Crippen LogP contribution in [0.1, 0.15) is 12.8 Å². The van der Waals surface area contributed by atoms with Gasteiger partial charge in [0.15, 0.2) is 0 Å². The van der Waals surface area contributed by atoms with Crippen molar-refractivity contribution < 1.29 is 24.2 Å². The largest absolute Gasteiger partial charge is 0.480 e. The van der Waals surface area contributed by atoms with E-state index in [0.717, 1.165) is 0 Å². The predicted octanol–water partition coefficient (Wildman–Crippen LogP) is -0.277. The maximum absolute atomic E-state index is 12.2. The number of likely N-dealkylation sites (tertiary alicyclic amines) is 1. The standard InChI is InChI=1S/C11H17NO5/c1-16-8-4-9(11(14)15)12(5-8)10(13)7-2-3-17-6-7/h7-9H,2-6H2,1H3,(H,14,15). The Morgan fingerprint density at radius 2 is 2.24 bits per heavy atom. The molecule has 6 heteroatoms. The van der Waals surface area contributed by atoms with Crippen molar-refractivity contribution in [1.29, 1.82) is 0 Å². The zero-order valence-electron chi connectivity index (χ0n) is 9.80. The number of amides is 1. The van der Waals surface area contributed by atoms with Crippen LogP contribution in [-0.4, -0.2) is 60.9 Å². The molecule has 3 atom stereocenters. The van der Waals surface area contributed by atoms with Gasteiger partial charge in [-0.05, 0) is 6.42 Å². The van der Waals surface area contributed by atoms with Gasteiger partial charge in [0, 0.05) is 26.7 Å². The lowest BCUT2D eigenvalue weighted by atomic mass is 10.1. The van der Waals surface area contributed by atoms with E-state index < -0.39 is 12.0 Å². The van der Waals surface area contributed by atoms with Crippen molar-refractivity contribution in [2.45, 2.75) is 25.0 Å². The van der Waals surface area contributed by atoms with Crippen molar-refractivity contribution in [3.63, 3.8) is 0 Å². The van der Waals surface area contributed by atoms with Gasteiger partial charge in [0.1, 0.15) is 6.04 Å². The van der Waals surface area contributed by atoms with Gasteiger partial charge in [-0.1, -0.05) is 0 Å². The molecule has 17 heavy (non-hydrogen) atoms. The number of carboxylic acid groups (broad SMARTS) is 1. The number of hydrogen-bond acceptors (Lipinski definition) is 4. The van der Waals surface area contributed by atoms with Crippen LogP contribution in [0.2, 0.25) is 0 Å². The molecular formula is C11H17NO5. The monoisotopic (exact) mass is 243 g/mol. The molecule has 96 valence electrons. The van der Waals surface area contributed by atoms with Crippen molar-refractivity contribution in [2.75, 3.05) is 26.9 Å². The Hall–Kier alpha value is -1.14. The minimum atomic E-state index is -0.961. The fourth-order valence-corrected chi connectivity index (χ4v) is 2.41. The highest BCUT2D eigenvalue weighted by Gasteiger charge is 2.42. The molecule has 2 aliphatic rings. The third kappa shape index (κ3) is 2.42. The highest BCUT2D eigenvalue weighted by molar-refractivity contribution is 5.86. The molecule has 0 aromatic rings. The summed E-state index contributed by atoms with van der Waals surface area (Å²) in [5, 5.41) is 9.11. The first-order valence-corrected chi connectivity index (χ1v) is 5.77. The van der Waals surface area contributed by atoms with Crippen LogP contribution < -0.4 is 0 Å².